The van der Waals surface area contributed by atoms with E-state index in [-0.39, 0.29) is 0 Å². The van der Waals surface area contributed by atoms with E-state index in [9.17, 15) is 0 Å². The van der Waals surface area contributed by atoms with Gasteiger partial charge in [0.1, 0.15) is 0 Å². The lowest BCUT2D eigenvalue weighted by Crippen LogP contribution is -2.04. The summed E-state index contributed by atoms with van der Waals surface area (Å²) in [7, 11) is 1.89. The summed E-state index contributed by atoms with van der Waals surface area (Å²) >= 11 is 0. The van der Waals surface area contributed by atoms with Crippen molar-refractivity contribution in [3.63, 3.8) is 0 Å². The van der Waals surface area contributed by atoms with Gasteiger partial charge in [-0.15, -0.1) is 0 Å². The SMILES string of the molecule is CNCc1cc(-c2ccc(C)cc2)on1. The smallest absolute Gasteiger partial charge is 0.167 e. The zero-order valence-corrected chi connectivity index (χ0v) is 8.95. The van der Waals surface area contributed by atoms with E-state index in [1.165, 1.54) is 5.56 Å². The molecule has 2 rings (SSSR count). The molecule has 78 valence electrons. The van der Waals surface area contributed by atoms with Crippen LogP contribution >= 0.6 is 0 Å². The second kappa shape index (κ2) is 4.28. The molecule has 0 saturated heterocycles. The van der Waals surface area contributed by atoms with Crippen LogP contribution in [0.2, 0.25) is 0 Å². The Hall–Kier alpha value is -1.61. The summed E-state index contributed by atoms with van der Waals surface area (Å²) in [5.74, 6) is 0.820. The highest BCUT2D eigenvalue weighted by Crippen LogP contribution is 2.20. The first-order chi connectivity index (χ1) is 7.29. The van der Waals surface area contributed by atoms with Crippen LogP contribution in [0.3, 0.4) is 0 Å². The average molecular weight is 202 g/mol. The number of nitrogens with one attached hydrogen (secondary N) is 1. The van der Waals surface area contributed by atoms with Crippen molar-refractivity contribution < 1.29 is 4.52 Å². The van der Waals surface area contributed by atoms with Crippen LogP contribution in [0.5, 0.6) is 0 Å². The molecule has 0 unspecified atom stereocenters. The molecule has 15 heavy (non-hydrogen) atoms. The highest BCUT2D eigenvalue weighted by molar-refractivity contribution is 5.57. The molecule has 1 heterocycles. The molecule has 0 atom stereocenters. The van der Waals surface area contributed by atoms with Gasteiger partial charge in [0.2, 0.25) is 0 Å². The van der Waals surface area contributed by atoms with E-state index in [1.54, 1.807) is 0 Å². The van der Waals surface area contributed by atoms with Gasteiger partial charge in [0.15, 0.2) is 5.76 Å². The van der Waals surface area contributed by atoms with Gasteiger partial charge in [-0.3, -0.25) is 0 Å². The first-order valence-electron chi connectivity index (χ1n) is 4.97. The van der Waals surface area contributed by atoms with Crippen molar-refractivity contribution in [2.24, 2.45) is 0 Å². The van der Waals surface area contributed by atoms with Crippen molar-refractivity contribution in [1.82, 2.24) is 10.5 Å². The third-order valence-electron chi connectivity index (χ3n) is 2.25. The molecule has 1 aromatic carbocycles. The molecule has 0 spiro atoms. The highest BCUT2D eigenvalue weighted by Gasteiger charge is 2.05. The van der Waals surface area contributed by atoms with E-state index in [2.05, 4.69) is 29.5 Å². The quantitative estimate of drug-likeness (QED) is 0.830. The Bertz CT molecular complexity index is 431. The molecule has 2 aromatic rings. The van der Waals surface area contributed by atoms with Crippen LogP contribution in [0.15, 0.2) is 34.9 Å². The van der Waals surface area contributed by atoms with Crippen LogP contribution in [0.25, 0.3) is 11.3 Å². The maximum atomic E-state index is 5.25. The van der Waals surface area contributed by atoms with Gasteiger partial charge in [-0.25, -0.2) is 0 Å². The molecule has 1 N–H and O–H groups in total. The molecule has 0 aliphatic heterocycles. The van der Waals surface area contributed by atoms with Gasteiger partial charge in [-0.05, 0) is 14.0 Å². The number of hydrogen-bond acceptors (Lipinski definition) is 3. The van der Waals surface area contributed by atoms with Gasteiger partial charge in [-0.1, -0.05) is 35.0 Å². The zero-order valence-electron chi connectivity index (χ0n) is 8.95. The molecular weight excluding hydrogens is 188 g/mol. The van der Waals surface area contributed by atoms with E-state index in [0.717, 1.165) is 23.6 Å². The molecule has 0 saturated carbocycles. The summed E-state index contributed by atoms with van der Waals surface area (Å²) in [6.45, 7) is 2.80. The minimum Gasteiger partial charge on any atom is -0.356 e. The Labute approximate surface area is 89.1 Å². The molecule has 0 bridgehead atoms. The summed E-state index contributed by atoms with van der Waals surface area (Å²) in [4.78, 5) is 0. The van der Waals surface area contributed by atoms with Crippen LogP contribution < -0.4 is 5.32 Å². The van der Waals surface area contributed by atoms with Gasteiger partial charge >= 0.3 is 0 Å². The maximum absolute atomic E-state index is 5.25. The predicted octanol–water partition coefficient (Wildman–Crippen LogP) is 2.37. The van der Waals surface area contributed by atoms with Crippen molar-refractivity contribution in [2.75, 3.05) is 7.05 Å². The summed E-state index contributed by atoms with van der Waals surface area (Å²) in [5.41, 5.74) is 3.23. The summed E-state index contributed by atoms with van der Waals surface area (Å²) in [6.07, 6.45) is 0. The molecule has 0 amide bonds. The first-order valence-corrected chi connectivity index (χ1v) is 4.97. The Morgan fingerprint density at radius 3 is 2.67 bits per heavy atom. The monoisotopic (exact) mass is 202 g/mol. The van der Waals surface area contributed by atoms with E-state index in [4.69, 9.17) is 4.52 Å². The lowest BCUT2D eigenvalue weighted by molar-refractivity contribution is 0.421. The number of nitrogens with zero attached hydrogens (tertiary/aromatic N) is 1. The molecule has 0 fully saturated rings. The van der Waals surface area contributed by atoms with Crippen LogP contribution in [0, 0.1) is 6.92 Å². The summed E-state index contributed by atoms with van der Waals surface area (Å²) in [5, 5.41) is 7.00. The summed E-state index contributed by atoms with van der Waals surface area (Å²) in [6, 6.07) is 10.2. The van der Waals surface area contributed by atoms with Crippen molar-refractivity contribution in [2.45, 2.75) is 13.5 Å². The largest absolute Gasteiger partial charge is 0.356 e. The minimum absolute atomic E-state index is 0.732. The fourth-order valence-electron chi connectivity index (χ4n) is 1.43. The van der Waals surface area contributed by atoms with E-state index < -0.39 is 0 Å². The van der Waals surface area contributed by atoms with E-state index in [0.29, 0.717) is 0 Å². The third-order valence-corrected chi connectivity index (χ3v) is 2.25. The van der Waals surface area contributed by atoms with Crippen molar-refractivity contribution in [1.29, 1.82) is 0 Å². The van der Waals surface area contributed by atoms with Crippen LogP contribution in [0.1, 0.15) is 11.3 Å². The number of benzene rings is 1. The van der Waals surface area contributed by atoms with Crippen molar-refractivity contribution in [3.8, 4) is 11.3 Å². The molecule has 0 radical (unpaired) electrons. The molecule has 0 aliphatic rings. The van der Waals surface area contributed by atoms with Gasteiger partial charge in [0.25, 0.3) is 0 Å². The zero-order chi connectivity index (χ0) is 10.7. The lowest BCUT2D eigenvalue weighted by atomic mass is 10.1. The standard InChI is InChI=1S/C12H14N2O/c1-9-3-5-10(6-4-9)12-7-11(8-13-2)14-15-12/h3-7,13H,8H2,1-2H3. The fourth-order valence-corrected chi connectivity index (χ4v) is 1.43. The number of rotatable bonds is 3. The van der Waals surface area contributed by atoms with Gasteiger partial charge in [0, 0.05) is 18.2 Å². The van der Waals surface area contributed by atoms with Gasteiger partial charge < -0.3 is 9.84 Å². The van der Waals surface area contributed by atoms with Crippen LogP contribution in [0.4, 0.5) is 0 Å². The number of hydrogen-bond donors (Lipinski definition) is 1. The van der Waals surface area contributed by atoms with Crippen LogP contribution in [-0.2, 0) is 6.54 Å². The fraction of sp³-hybridized carbons (Fsp3) is 0.250. The van der Waals surface area contributed by atoms with Gasteiger partial charge in [0.05, 0.1) is 5.69 Å². The Morgan fingerprint density at radius 2 is 2.00 bits per heavy atom. The van der Waals surface area contributed by atoms with Gasteiger partial charge in [-0.2, -0.15) is 0 Å². The number of aromatic nitrogens is 1. The van der Waals surface area contributed by atoms with E-state index >= 15 is 0 Å². The Balaban J connectivity index is 2.25. The summed E-state index contributed by atoms with van der Waals surface area (Å²) < 4.78 is 5.25. The van der Waals surface area contributed by atoms with E-state index in [1.807, 2.05) is 25.2 Å². The molecule has 3 heteroatoms. The van der Waals surface area contributed by atoms with Crippen molar-refractivity contribution in [3.05, 3.63) is 41.6 Å². The second-order valence-electron chi connectivity index (χ2n) is 3.58. The molecule has 0 aliphatic carbocycles. The van der Waals surface area contributed by atoms with Crippen molar-refractivity contribution >= 4 is 0 Å². The molecular formula is C12H14N2O. The topological polar surface area (TPSA) is 38.1 Å². The highest BCUT2D eigenvalue weighted by atomic mass is 16.5. The molecule has 3 nitrogen and oxygen atoms in total. The minimum atomic E-state index is 0.732. The Kier molecular flexibility index (Phi) is 2.83. The number of aryl methyl sites for hydroxylation is 1. The third kappa shape index (κ3) is 2.25. The maximum Gasteiger partial charge on any atom is 0.167 e. The normalized spacial score (nSPS) is 10.5. The predicted molar refractivity (Wildman–Crippen MR) is 59.4 cm³/mol. The first kappa shape index (κ1) is 9.93. The lowest BCUT2D eigenvalue weighted by Gasteiger charge is -1.95. The average Bonchev–Trinajstić information content (AvgIpc) is 2.68. The second-order valence-corrected chi connectivity index (χ2v) is 3.58. The Morgan fingerprint density at radius 1 is 1.27 bits per heavy atom. The molecule has 1 aromatic heterocycles. The van der Waals surface area contributed by atoms with Crippen LogP contribution in [-0.4, -0.2) is 12.2 Å².